The van der Waals surface area contributed by atoms with Gasteiger partial charge in [-0.2, -0.15) is 0 Å². The maximum atomic E-state index is 12.4. The fourth-order valence-electron chi connectivity index (χ4n) is 2.69. The summed E-state index contributed by atoms with van der Waals surface area (Å²) in [5.74, 6) is 0.102. The third-order valence-corrected chi connectivity index (χ3v) is 3.92. The molecule has 0 unspecified atom stereocenters. The second-order valence-corrected chi connectivity index (χ2v) is 5.37. The molecule has 2 aliphatic rings. The van der Waals surface area contributed by atoms with E-state index < -0.39 is 0 Å². The molecule has 0 saturated heterocycles. The number of benzene rings is 1. The number of nitroso groups, excluding NO2 is 1. The Labute approximate surface area is 129 Å². The minimum absolute atomic E-state index is 0.102. The van der Waals surface area contributed by atoms with Gasteiger partial charge in [-0.25, -0.2) is 0 Å². The molecule has 0 spiro atoms. The summed E-state index contributed by atoms with van der Waals surface area (Å²) < 4.78 is 0. The van der Waals surface area contributed by atoms with E-state index in [-0.39, 0.29) is 5.91 Å². The van der Waals surface area contributed by atoms with Crippen molar-refractivity contribution in [1.82, 2.24) is 9.80 Å². The van der Waals surface area contributed by atoms with Gasteiger partial charge >= 0.3 is 0 Å². The lowest BCUT2D eigenvalue weighted by molar-refractivity contribution is -0.132. The Bertz CT molecular complexity index is 660. The Morgan fingerprint density at radius 1 is 1.18 bits per heavy atom. The number of allylic oxidation sites excluding steroid dienone is 3. The summed E-state index contributed by atoms with van der Waals surface area (Å²) in [6.45, 7) is 1.74. The molecule has 1 aromatic rings. The molecule has 2 heterocycles. The molecule has 0 N–H and O–H groups in total. The normalized spacial score (nSPS) is 16.5. The number of carbonyl (C=O) groups is 1. The molecule has 5 nitrogen and oxygen atoms in total. The molecule has 3 rings (SSSR count). The molecule has 5 heteroatoms. The van der Waals surface area contributed by atoms with Crippen LogP contribution in [-0.2, 0) is 17.8 Å². The summed E-state index contributed by atoms with van der Waals surface area (Å²) in [6, 6.07) is 8.26. The molecule has 0 saturated carbocycles. The molecule has 112 valence electrons. The second kappa shape index (κ2) is 6.39. The molecule has 0 atom stereocenters. The lowest BCUT2D eigenvalue weighted by Crippen LogP contribution is -2.40. The highest BCUT2D eigenvalue weighted by molar-refractivity contribution is 5.79. The van der Waals surface area contributed by atoms with E-state index in [1.807, 2.05) is 21.9 Å². The quantitative estimate of drug-likeness (QED) is 0.805. The van der Waals surface area contributed by atoms with Crippen molar-refractivity contribution >= 4 is 5.91 Å². The van der Waals surface area contributed by atoms with Crippen LogP contribution in [0, 0.1) is 4.91 Å². The number of rotatable bonds is 3. The number of carbonyl (C=O) groups excluding carboxylic acids is 1. The number of nitrogens with zero attached hydrogens (tertiary/aromatic N) is 3. The minimum atomic E-state index is 0.102. The predicted octanol–water partition coefficient (Wildman–Crippen LogP) is 2.56. The van der Waals surface area contributed by atoms with E-state index in [4.69, 9.17) is 0 Å². The summed E-state index contributed by atoms with van der Waals surface area (Å²) in [6.07, 6.45) is 9.25. The molecular weight excluding hydrogens is 278 g/mol. The SMILES string of the molecule is O=NC=C1C=CN(CC(=O)N2CCc3ccccc3C2)C=C1. The fourth-order valence-corrected chi connectivity index (χ4v) is 2.69. The van der Waals surface area contributed by atoms with Gasteiger partial charge in [-0.1, -0.05) is 24.3 Å². The van der Waals surface area contributed by atoms with E-state index in [1.54, 1.807) is 24.6 Å². The maximum absolute atomic E-state index is 12.4. The first-order chi connectivity index (χ1) is 10.8. The Kier molecular flexibility index (Phi) is 4.14. The Morgan fingerprint density at radius 3 is 2.64 bits per heavy atom. The van der Waals surface area contributed by atoms with Crippen molar-refractivity contribution in [2.45, 2.75) is 13.0 Å². The van der Waals surface area contributed by atoms with Gasteiger partial charge in [0.05, 0.1) is 6.20 Å². The highest BCUT2D eigenvalue weighted by Crippen LogP contribution is 2.19. The highest BCUT2D eigenvalue weighted by atomic mass is 16.2. The van der Waals surface area contributed by atoms with Crippen LogP contribution in [0.25, 0.3) is 0 Å². The van der Waals surface area contributed by atoms with Gasteiger partial charge in [0, 0.05) is 25.5 Å². The molecule has 0 fully saturated rings. The lowest BCUT2D eigenvalue weighted by atomic mass is 10.00. The molecule has 0 bridgehead atoms. The van der Waals surface area contributed by atoms with Gasteiger partial charge in [0.25, 0.3) is 0 Å². The van der Waals surface area contributed by atoms with E-state index in [0.717, 1.165) is 18.5 Å². The zero-order chi connectivity index (χ0) is 15.4. The third kappa shape index (κ3) is 3.14. The third-order valence-electron chi connectivity index (χ3n) is 3.92. The highest BCUT2D eigenvalue weighted by Gasteiger charge is 2.21. The van der Waals surface area contributed by atoms with Crippen LogP contribution in [-0.4, -0.2) is 28.8 Å². The summed E-state index contributed by atoms with van der Waals surface area (Å²) in [7, 11) is 0. The number of fused-ring (bicyclic) bond motifs is 1. The number of hydrogen-bond donors (Lipinski definition) is 0. The first-order valence-electron chi connectivity index (χ1n) is 7.25. The fraction of sp³-hybridized carbons (Fsp3) is 0.235. The monoisotopic (exact) mass is 295 g/mol. The van der Waals surface area contributed by atoms with E-state index in [0.29, 0.717) is 13.1 Å². The maximum Gasteiger partial charge on any atom is 0.242 e. The Hall–Kier alpha value is -2.69. The summed E-state index contributed by atoms with van der Waals surface area (Å²) in [4.78, 5) is 26.3. The first-order valence-corrected chi connectivity index (χ1v) is 7.25. The van der Waals surface area contributed by atoms with Crippen molar-refractivity contribution in [1.29, 1.82) is 0 Å². The van der Waals surface area contributed by atoms with Gasteiger partial charge < -0.3 is 9.80 Å². The van der Waals surface area contributed by atoms with Crippen molar-refractivity contribution in [2.24, 2.45) is 5.18 Å². The second-order valence-electron chi connectivity index (χ2n) is 5.37. The molecule has 0 radical (unpaired) electrons. The van der Waals surface area contributed by atoms with Crippen molar-refractivity contribution in [3.63, 3.8) is 0 Å². The number of hydrogen-bond acceptors (Lipinski definition) is 4. The summed E-state index contributed by atoms with van der Waals surface area (Å²) in [5, 5.41) is 2.73. The zero-order valence-corrected chi connectivity index (χ0v) is 12.2. The predicted molar refractivity (Wildman–Crippen MR) is 84.4 cm³/mol. The molecule has 22 heavy (non-hydrogen) atoms. The lowest BCUT2D eigenvalue weighted by Gasteiger charge is -2.30. The van der Waals surface area contributed by atoms with Crippen molar-refractivity contribution < 1.29 is 4.79 Å². The smallest absolute Gasteiger partial charge is 0.242 e. The van der Waals surface area contributed by atoms with Crippen LogP contribution in [0.4, 0.5) is 0 Å². The molecule has 2 aliphatic heterocycles. The molecule has 0 aromatic heterocycles. The van der Waals surface area contributed by atoms with Gasteiger partial charge in [0.2, 0.25) is 5.91 Å². The molecule has 1 amide bonds. The molecule has 0 aliphatic carbocycles. The number of amides is 1. The Morgan fingerprint density at radius 2 is 1.91 bits per heavy atom. The van der Waals surface area contributed by atoms with Crippen LogP contribution >= 0.6 is 0 Å². The standard InChI is InChI=1S/C17H17N3O2/c21-17(13-19-8-5-14(6-9-19)11-18-22)20-10-7-15-3-1-2-4-16(15)12-20/h1-6,8-9,11H,7,10,12-13H2. The summed E-state index contributed by atoms with van der Waals surface area (Å²) >= 11 is 0. The van der Waals surface area contributed by atoms with Crippen LogP contribution in [0.5, 0.6) is 0 Å². The zero-order valence-electron chi connectivity index (χ0n) is 12.2. The molecule has 1 aromatic carbocycles. The largest absolute Gasteiger partial charge is 0.345 e. The van der Waals surface area contributed by atoms with Crippen molar-refractivity contribution in [3.05, 3.63) is 76.6 Å². The van der Waals surface area contributed by atoms with Crippen molar-refractivity contribution in [3.8, 4) is 0 Å². The first kappa shape index (κ1) is 14.3. The topological polar surface area (TPSA) is 53.0 Å². The van der Waals surface area contributed by atoms with Crippen LogP contribution in [0.1, 0.15) is 11.1 Å². The average Bonchev–Trinajstić information content (AvgIpc) is 2.56. The van der Waals surface area contributed by atoms with Gasteiger partial charge in [-0.3, -0.25) is 4.79 Å². The van der Waals surface area contributed by atoms with Crippen LogP contribution in [0.3, 0.4) is 0 Å². The van der Waals surface area contributed by atoms with E-state index in [9.17, 15) is 9.70 Å². The van der Waals surface area contributed by atoms with E-state index in [2.05, 4.69) is 17.3 Å². The van der Waals surface area contributed by atoms with E-state index in [1.165, 1.54) is 17.3 Å². The van der Waals surface area contributed by atoms with Crippen molar-refractivity contribution in [2.75, 3.05) is 13.1 Å². The summed E-state index contributed by atoms with van der Waals surface area (Å²) in [5.41, 5.74) is 3.29. The Balaban J connectivity index is 1.60. The van der Waals surface area contributed by atoms with E-state index >= 15 is 0 Å². The minimum Gasteiger partial charge on any atom is -0.345 e. The van der Waals surface area contributed by atoms with Gasteiger partial charge in [-0.05, 0) is 40.4 Å². The van der Waals surface area contributed by atoms with Gasteiger partial charge in [0.1, 0.15) is 6.54 Å². The van der Waals surface area contributed by atoms with Crippen LogP contribution < -0.4 is 0 Å². The van der Waals surface area contributed by atoms with Gasteiger partial charge in [-0.15, -0.1) is 4.91 Å². The van der Waals surface area contributed by atoms with Gasteiger partial charge in [0.15, 0.2) is 0 Å². The van der Waals surface area contributed by atoms with Crippen LogP contribution in [0.15, 0.2) is 65.8 Å². The van der Waals surface area contributed by atoms with Crippen LogP contribution in [0.2, 0.25) is 0 Å². The molecular formula is C17H17N3O2. The average molecular weight is 295 g/mol.